The second kappa shape index (κ2) is 2.18. The standard InChI is InChI=1S/C8H11O/c1-6-4-7(2)9-8(3)5-6/h4-5H,1-3H3/q+1/i7+1,8+1. The van der Waals surface area contributed by atoms with Gasteiger partial charge in [-0.2, -0.15) is 0 Å². The summed E-state index contributed by atoms with van der Waals surface area (Å²) in [5, 5.41) is 0. The fourth-order valence-corrected chi connectivity index (χ4v) is 0.996. The van der Waals surface area contributed by atoms with Crippen molar-refractivity contribution in [3.63, 3.8) is 0 Å². The molecule has 48 valence electrons. The van der Waals surface area contributed by atoms with Crippen molar-refractivity contribution in [3.8, 4) is 0 Å². The first-order valence-electron chi connectivity index (χ1n) is 3.06. The lowest BCUT2D eigenvalue weighted by molar-refractivity contribution is 0.484. The van der Waals surface area contributed by atoms with Crippen LogP contribution < -0.4 is 0 Å². The molecule has 9 heavy (non-hydrogen) atoms. The number of hydrogen-bond acceptors (Lipinski definition) is 0. The van der Waals surface area contributed by atoms with Gasteiger partial charge in [-0.3, -0.25) is 0 Å². The van der Waals surface area contributed by atoms with Gasteiger partial charge in [0.15, 0.2) is 0 Å². The monoisotopic (exact) mass is 125 g/mol. The molecule has 1 heteroatoms. The largest absolute Gasteiger partial charge is 0.326 e. The lowest BCUT2D eigenvalue weighted by Crippen LogP contribution is -1.78. The maximum atomic E-state index is 5.26. The average Bonchev–Trinajstić information content (AvgIpc) is 1.59. The molecular weight excluding hydrogens is 114 g/mol. The van der Waals surface area contributed by atoms with E-state index in [4.69, 9.17) is 4.42 Å². The Morgan fingerprint density at radius 3 is 1.78 bits per heavy atom. The Morgan fingerprint density at radius 2 is 1.44 bits per heavy atom. The molecule has 1 nitrogen and oxygen atoms in total. The Kier molecular flexibility index (Phi) is 1.52. The molecule has 0 saturated carbocycles. The molecule has 0 spiro atoms. The topological polar surface area (TPSA) is 11.3 Å². The number of aryl methyl sites for hydroxylation is 3. The normalized spacial score (nSPS) is 9.67. The van der Waals surface area contributed by atoms with E-state index in [9.17, 15) is 0 Å². The molecule has 1 aromatic rings. The molecule has 0 aliphatic rings. The van der Waals surface area contributed by atoms with Gasteiger partial charge in [-0.25, -0.2) is 4.42 Å². The van der Waals surface area contributed by atoms with Crippen molar-refractivity contribution in [1.29, 1.82) is 0 Å². The number of hydrogen-bond donors (Lipinski definition) is 0. The van der Waals surface area contributed by atoms with Gasteiger partial charge in [0.05, 0.1) is 13.8 Å². The Balaban J connectivity index is 3.17. The summed E-state index contributed by atoms with van der Waals surface area (Å²) in [5.74, 6) is 1.96. The van der Waals surface area contributed by atoms with Gasteiger partial charge in [0, 0.05) is 12.1 Å². The van der Waals surface area contributed by atoms with Gasteiger partial charge >= 0.3 is 11.5 Å². The predicted molar refractivity (Wildman–Crippen MR) is 37.3 cm³/mol. The van der Waals surface area contributed by atoms with Crippen molar-refractivity contribution in [3.05, 3.63) is 29.2 Å². The molecule has 0 unspecified atom stereocenters. The highest BCUT2D eigenvalue weighted by Gasteiger charge is 2.03. The van der Waals surface area contributed by atoms with Gasteiger partial charge in [0.2, 0.25) is 0 Å². The average molecular weight is 125 g/mol. The van der Waals surface area contributed by atoms with Crippen molar-refractivity contribution < 1.29 is 4.42 Å². The van der Waals surface area contributed by atoms with E-state index < -0.39 is 0 Å². The van der Waals surface area contributed by atoms with E-state index in [1.165, 1.54) is 5.56 Å². The fourth-order valence-electron chi connectivity index (χ4n) is 0.996. The summed E-state index contributed by atoms with van der Waals surface area (Å²) in [6.07, 6.45) is 0. The van der Waals surface area contributed by atoms with Crippen molar-refractivity contribution >= 4 is 0 Å². The third-order valence-corrected chi connectivity index (χ3v) is 1.18. The smallest absolute Gasteiger partial charge is 0.218 e. The van der Waals surface area contributed by atoms with Crippen LogP contribution in [0, 0.1) is 20.8 Å². The molecule has 0 saturated heterocycles. The Bertz CT molecular complexity index is 165. The first-order chi connectivity index (χ1) is 4.18. The van der Waals surface area contributed by atoms with E-state index in [2.05, 4.69) is 6.92 Å². The van der Waals surface area contributed by atoms with Crippen molar-refractivity contribution in [2.45, 2.75) is 20.8 Å². The van der Waals surface area contributed by atoms with E-state index in [1.807, 2.05) is 26.0 Å². The number of rotatable bonds is 0. The minimum absolute atomic E-state index is 0.979. The molecule has 0 N–H and O–H groups in total. The maximum Gasteiger partial charge on any atom is 0.326 e. The van der Waals surface area contributed by atoms with E-state index in [0.29, 0.717) is 0 Å². The molecule has 1 aromatic heterocycles. The zero-order valence-corrected chi connectivity index (χ0v) is 6.06. The van der Waals surface area contributed by atoms with Crippen LogP contribution in [0.2, 0.25) is 0 Å². The third kappa shape index (κ3) is 1.53. The highest BCUT2D eigenvalue weighted by Crippen LogP contribution is 2.06. The van der Waals surface area contributed by atoms with E-state index in [0.717, 1.165) is 11.5 Å². The second-order valence-corrected chi connectivity index (χ2v) is 2.36. The molecule has 0 aliphatic heterocycles. The quantitative estimate of drug-likeness (QED) is 0.485. The summed E-state index contributed by atoms with van der Waals surface area (Å²) >= 11 is 0. The van der Waals surface area contributed by atoms with Crippen LogP contribution in [0.3, 0.4) is 0 Å². The van der Waals surface area contributed by atoms with Crippen LogP contribution in [0.5, 0.6) is 0 Å². The molecule has 0 fully saturated rings. The Morgan fingerprint density at radius 1 is 1.00 bits per heavy atom. The summed E-state index contributed by atoms with van der Waals surface area (Å²) in [6, 6.07) is 4.04. The second-order valence-electron chi connectivity index (χ2n) is 2.36. The Hall–Kier alpha value is -0.850. The van der Waals surface area contributed by atoms with Gasteiger partial charge < -0.3 is 0 Å². The minimum atomic E-state index is 0.979. The Labute approximate surface area is 55.3 Å². The molecule has 1 rings (SSSR count). The molecule has 0 atom stereocenters. The highest BCUT2D eigenvalue weighted by molar-refractivity contribution is 5.14. The molecule has 0 bridgehead atoms. The van der Waals surface area contributed by atoms with Crippen LogP contribution >= 0.6 is 0 Å². The molecule has 1 heterocycles. The van der Waals surface area contributed by atoms with E-state index >= 15 is 0 Å². The van der Waals surface area contributed by atoms with Gasteiger partial charge in [0.25, 0.3) is 0 Å². The van der Waals surface area contributed by atoms with Gasteiger partial charge in [0.1, 0.15) is 0 Å². The van der Waals surface area contributed by atoms with Crippen LogP contribution in [0.4, 0.5) is 0 Å². The van der Waals surface area contributed by atoms with E-state index in [1.54, 1.807) is 0 Å². The van der Waals surface area contributed by atoms with Crippen LogP contribution in [0.15, 0.2) is 16.5 Å². The minimum Gasteiger partial charge on any atom is -0.218 e. The molecule has 0 amide bonds. The summed E-state index contributed by atoms with van der Waals surface area (Å²) < 4.78 is 5.26. The lowest BCUT2D eigenvalue weighted by atomic mass is 10.4. The maximum absolute atomic E-state index is 5.26. The third-order valence-electron chi connectivity index (χ3n) is 1.18. The molecule has 0 radical (unpaired) electrons. The molecule has 0 aliphatic carbocycles. The molecule has 0 aromatic carbocycles. The van der Waals surface area contributed by atoms with Gasteiger partial charge in [-0.05, 0) is 12.5 Å². The summed E-state index contributed by atoms with van der Waals surface area (Å²) in [5.41, 5.74) is 1.26. The van der Waals surface area contributed by atoms with E-state index in [-0.39, 0.29) is 0 Å². The van der Waals surface area contributed by atoms with Crippen molar-refractivity contribution in [2.75, 3.05) is 0 Å². The summed E-state index contributed by atoms with van der Waals surface area (Å²) in [6.45, 7) is 5.98. The zero-order chi connectivity index (χ0) is 6.85. The summed E-state index contributed by atoms with van der Waals surface area (Å²) in [4.78, 5) is 0. The first kappa shape index (κ1) is 6.27. The van der Waals surface area contributed by atoms with Crippen LogP contribution in [0.25, 0.3) is 0 Å². The first-order valence-corrected chi connectivity index (χ1v) is 3.06. The SMILES string of the molecule is Cc1c[13c](C)[o+][13c](C)c1. The lowest BCUT2D eigenvalue weighted by Gasteiger charge is -1.84. The van der Waals surface area contributed by atoms with Crippen LogP contribution in [-0.2, 0) is 0 Å². The van der Waals surface area contributed by atoms with Crippen LogP contribution in [0.1, 0.15) is 17.1 Å². The zero-order valence-electron chi connectivity index (χ0n) is 6.06. The van der Waals surface area contributed by atoms with Crippen molar-refractivity contribution in [2.24, 2.45) is 0 Å². The highest BCUT2D eigenvalue weighted by atomic mass is 16.4. The van der Waals surface area contributed by atoms with Gasteiger partial charge in [-0.15, -0.1) is 0 Å². The van der Waals surface area contributed by atoms with Gasteiger partial charge in [-0.1, -0.05) is 0 Å². The molecular formula is C8H11O+. The van der Waals surface area contributed by atoms with Crippen molar-refractivity contribution in [1.82, 2.24) is 0 Å². The summed E-state index contributed by atoms with van der Waals surface area (Å²) in [7, 11) is 0. The fraction of sp³-hybridized carbons (Fsp3) is 0.375. The predicted octanol–water partition coefficient (Wildman–Crippen LogP) is 2.49. The van der Waals surface area contributed by atoms with Crippen LogP contribution in [-0.4, -0.2) is 0 Å².